The summed E-state index contributed by atoms with van der Waals surface area (Å²) in [7, 11) is 0. The number of rotatable bonds is 2. The molecule has 0 aliphatic heterocycles. The summed E-state index contributed by atoms with van der Waals surface area (Å²) < 4.78 is 0. The van der Waals surface area contributed by atoms with Gasteiger partial charge in [-0.15, -0.1) is 35.9 Å². The van der Waals surface area contributed by atoms with Gasteiger partial charge in [-0.3, -0.25) is 4.79 Å². The van der Waals surface area contributed by atoms with Crippen LogP contribution in [0.15, 0.2) is 54.4 Å². The third kappa shape index (κ3) is 5.90. The van der Waals surface area contributed by atoms with Crippen molar-refractivity contribution in [1.29, 1.82) is 0 Å². The van der Waals surface area contributed by atoms with E-state index in [1.54, 1.807) is 0 Å². The van der Waals surface area contributed by atoms with Crippen LogP contribution in [0.2, 0.25) is 0 Å². The van der Waals surface area contributed by atoms with Crippen LogP contribution in [0.1, 0.15) is 31.4 Å². The average molecular weight is 501 g/mol. The Bertz CT molecular complexity index is 733. The Hall–Kier alpha value is -1.99. The molecule has 0 fully saturated rings. The minimum atomic E-state index is -0.125. The number of ketones is 1. The van der Waals surface area contributed by atoms with E-state index in [0.717, 1.165) is 24.1 Å². The van der Waals surface area contributed by atoms with Crippen LogP contribution in [0.3, 0.4) is 0 Å². The Morgan fingerprint density at radius 2 is 2.08 bits per heavy atom. The number of nitrogens with zero attached hydrogens (tertiary/aromatic N) is 1. The molecular weight excluding hydrogens is 481 g/mol. The molecule has 2 aromatic rings. The van der Waals surface area contributed by atoms with Crippen LogP contribution in [0, 0.1) is 6.07 Å². The van der Waals surface area contributed by atoms with E-state index in [-0.39, 0.29) is 32.6 Å². The van der Waals surface area contributed by atoms with E-state index in [0.29, 0.717) is 0 Å². The van der Waals surface area contributed by atoms with Gasteiger partial charge in [-0.2, -0.15) is 0 Å². The summed E-state index contributed by atoms with van der Waals surface area (Å²) in [6.07, 6.45) is 9.65. The Kier molecular flexibility index (Phi) is 8.35. The number of hydrogen-bond acceptors (Lipinski definition) is 3. The van der Waals surface area contributed by atoms with Crippen LogP contribution in [0.4, 0.5) is 0 Å². The molecule has 1 N–H and O–H groups in total. The minimum absolute atomic E-state index is 0. The van der Waals surface area contributed by atoms with Gasteiger partial charge in [0.15, 0.2) is 5.78 Å². The second kappa shape index (κ2) is 9.99. The number of benzene rings is 1. The molecule has 24 heavy (non-hydrogen) atoms. The van der Waals surface area contributed by atoms with E-state index in [1.165, 1.54) is 31.1 Å². The SMILES string of the molecule is CC(=O)/C=C(/C)O.[Pt].[c-]1ccccc1-c1nccc2c1CCC=C2. The first-order valence-corrected chi connectivity index (χ1v) is 7.57. The second-order valence-electron chi connectivity index (χ2n) is 5.34. The summed E-state index contributed by atoms with van der Waals surface area (Å²) in [6.45, 7) is 2.85. The maximum absolute atomic E-state index is 10.0. The maximum Gasteiger partial charge on any atom is 0.155 e. The van der Waals surface area contributed by atoms with Crippen LogP contribution >= 0.6 is 0 Å². The van der Waals surface area contributed by atoms with E-state index >= 15 is 0 Å². The fourth-order valence-electron chi connectivity index (χ4n) is 2.43. The number of allylic oxidation sites excluding steroid dienone is 3. The number of hydrogen-bond donors (Lipinski definition) is 1. The molecule has 0 spiro atoms. The first kappa shape index (κ1) is 20.1. The third-order valence-electron chi connectivity index (χ3n) is 3.33. The molecule has 1 aromatic carbocycles. The molecule has 0 amide bonds. The third-order valence-corrected chi connectivity index (χ3v) is 3.33. The molecule has 1 aromatic heterocycles. The van der Waals surface area contributed by atoms with Crippen molar-refractivity contribution in [2.24, 2.45) is 0 Å². The molecule has 1 heterocycles. The molecule has 0 saturated carbocycles. The molecule has 128 valence electrons. The zero-order valence-corrected chi connectivity index (χ0v) is 16.0. The minimum Gasteiger partial charge on any atom is -0.512 e. The molecule has 0 radical (unpaired) electrons. The Labute approximate surface area is 157 Å². The Morgan fingerprint density at radius 1 is 1.29 bits per heavy atom. The monoisotopic (exact) mass is 501 g/mol. The first-order chi connectivity index (χ1) is 11.1. The Morgan fingerprint density at radius 3 is 2.67 bits per heavy atom. The fraction of sp³-hybridized carbons (Fsp3) is 0.200. The summed E-state index contributed by atoms with van der Waals surface area (Å²) in [5.74, 6) is -0.0625. The van der Waals surface area contributed by atoms with Gasteiger partial charge < -0.3 is 10.1 Å². The first-order valence-electron chi connectivity index (χ1n) is 7.57. The zero-order valence-electron chi connectivity index (χ0n) is 13.7. The molecule has 1 aliphatic carbocycles. The number of aliphatic hydroxyl groups excluding tert-OH is 1. The number of carbonyl (C=O) groups is 1. The predicted molar refractivity (Wildman–Crippen MR) is 92.9 cm³/mol. The van der Waals surface area contributed by atoms with Crippen LogP contribution < -0.4 is 0 Å². The van der Waals surface area contributed by atoms with Crippen molar-refractivity contribution >= 4 is 11.9 Å². The van der Waals surface area contributed by atoms with E-state index in [4.69, 9.17) is 5.11 Å². The van der Waals surface area contributed by atoms with Gasteiger partial charge in [0.25, 0.3) is 0 Å². The standard InChI is InChI=1S/C15H12N.C5H8O2.Pt/c1-2-7-13(8-3-1)15-14-9-5-4-6-12(14)10-11-16-15;1-4(6)3-5(2)7;/h1-4,6-7,10-11H,5,9H2;3,6H,1-2H3;/q-1;;/b;4-3-;. The number of aromatic nitrogens is 1. The van der Waals surface area contributed by atoms with E-state index in [2.05, 4.69) is 35.3 Å². The zero-order chi connectivity index (χ0) is 16.7. The molecular formula is C20H20NO2Pt-. The Balaban J connectivity index is 0.000000312. The number of carbonyl (C=O) groups excluding carboxylic acids is 1. The molecule has 1 aliphatic rings. The van der Waals surface area contributed by atoms with Crippen molar-refractivity contribution in [3.05, 3.63) is 71.6 Å². The summed E-state index contributed by atoms with van der Waals surface area (Å²) >= 11 is 0. The summed E-state index contributed by atoms with van der Waals surface area (Å²) in [6, 6.07) is 13.4. The smallest absolute Gasteiger partial charge is 0.155 e. The largest absolute Gasteiger partial charge is 0.512 e. The molecule has 3 nitrogen and oxygen atoms in total. The normalized spacial score (nSPS) is 12.3. The molecule has 4 heteroatoms. The quantitative estimate of drug-likeness (QED) is 0.374. The van der Waals surface area contributed by atoms with Crippen LogP contribution in [0.25, 0.3) is 17.3 Å². The van der Waals surface area contributed by atoms with Crippen LogP contribution in [0.5, 0.6) is 0 Å². The topological polar surface area (TPSA) is 50.2 Å². The van der Waals surface area contributed by atoms with Crippen molar-refractivity contribution in [2.75, 3.05) is 0 Å². The average Bonchev–Trinajstić information content (AvgIpc) is 2.54. The van der Waals surface area contributed by atoms with Gasteiger partial charge in [0, 0.05) is 33.3 Å². The van der Waals surface area contributed by atoms with Gasteiger partial charge in [-0.25, -0.2) is 0 Å². The van der Waals surface area contributed by atoms with E-state index in [1.807, 2.05) is 24.4 Å². The van der Waals surface area contributed by atoms with Crippen LogP contribution in [-0.2, 0) is 32.3 Å². The number of aliphatic hydroxyl groups is 1. The number of pyridine rings is 1. The van der Waals surface area contributed by atoms with E-state index < -0.39 is 0 Å². The van der Waals surface area contributed by atoms with Crippen molar-refractivity contribution in [3.8, 4) is 11.3 Å². The van der Waals surface area contributed by atoms with Gasteiger partial charge in [0.05, 0.1) is 5.76 Å². The molecule has 0 atom stereocenters. The molecule has 0 unspecified atom stereocenters. The van der Waals surface area contributed by atoms with Crippen molar-refractivity contribution < 1.29 is 31.0 Å². The van der Waals surface area contributed by atoms with Gasteiger partial charge in [-0.05, 0) is 44.0 Å². The van der Waals surface area contributed by atoms with E-state index in [9.17, 15) is 4.79 Å². The van der Waals surface area contributed by atoms with Gasteiger partial charge in [0.1, 0.15) is 0 Å². The van der Waals surface area contributed by atoms with Crippen molar-refractivity contribution in [3.63, 3.8) is 0 Å². The maximum atomic E-state index is 10.0. The number of fused-ring (bicyclic) bond motifs is 1. The summed E-state index contributed by atoms with van der Waals surface area (Å²) in [5.41, 5.74) is 4.83. The molecule has 0 bridgehead atoms. The van der Waals surface area contributed by atoms with Crippen LogP contribution in [-0.4, -0.2) is 15.9 Å². The fourth-order valence-corrected chi connectivity index (χ4v) is 2.43. The second-order valence-corrected chi connectivity index (χ2v) is 5.34. The van der Waals surface area contributed by atoms with Crippen molar-refractivity contribution in [2.45, 2.75) is 26.7 Å². The molecule has 0 saturated heterocycles. The van der Waals surface area contributed by atoms with Gasteiger partial charge in [-0.1, -0.05) is 17.7 Å². The summed E-state index contributed by atoms with van der Waals surface area (Å²) in [5, 5.41) is 8.36. The summed E-state index contributed by atoms with van der Waals surface area (Å²) in [4.78, 5) is 14.5. The van der Waals surface area contributed by atoms with Gasteiger partial charge in [0.2, 0.25) is 0 Å². The van der Waals surface area contributed by atoms with Gasteiger partial charge >= 0.3 is 0 Å². The van der Waals surface area contributed by atoms with Crippen molar-refractivity contribution in [1.82, 2.24) is 4.98 Å². The molecule has 3 rings (SSSR count). The predicted octanol–water partition coefficient (Wildman–Crippen LogP) is 4.54.